The van der Waals surface area contributed by atoms with Gasteiger partial charge < -0.3 is 5.32 Å². The van der Waals surface area contributed by atoms with Crippen LogP contribution in [0.3, 0.4) is 0 Å². The third-order valence-electron chi connectivity index (χ3n) is 5.69. The van der Waals surface area contributed by atoms with E-state index in [-0.39, 0.29) is 16.3 Å². The van der Waals surface area contributed by atoms with Crippen molar-refractivity contribution in [2.75, 3.05) is 10.0 Å². The molecule has 11 heteroatoms. The summed E-state index contributed by atoms with van der Waals surface area (Å²) in [5.74, 6) is 0.183. The van der Waals surface area contributed by atoms with E-state index in [0.717, 1.165) is 5.56 Å². The molecule has 4 rings (SSSR count). The SMILES string of the molecule is CCC(CC)(C(=O)Nc1ccc(-c2cnccn2)cn1)c1csc(NS(=O)(=O)C2CC2)n1. The van der Waals surface area contributed by atoms with E-state index in [9.17, 15) is 13.2 Å². The number of carbonyl (C=O) groups excluding carboxylic acids is 1. The van der Waals surface area contributed by atoms with Gasteiger partial charge in [-0.15, -0.1) is 11.3 Å². The monoisotopic (exact) mass is 472 g/mol. The van der Waals surface area contributed by atoms with Crippen molar-refractivity contribution in [1.29, 1.82) is 0 Å². The highest BCUT2D eigenvalue weighted by Crippen LogP contribution is 2.36. The van der Waals surface area contributed by atoms with Gasteiger partial charge in [-0.1, -0.05) is 13.8 Å². The average Bonchev–Trinajstić information content (AvgIpc) is 3.58. The molecule has 2 N–H and O–H groups in total. The molecule has 1 aliphatic rings. The number of pyridine rings is 1. The highest BCUT2D eigenvalue weighted by atomic mass is 32.2. The second kappa shape index (κ2) is 8.91. The van der Waals surface area contributed by atoms with Crippen LogP contribution in [0, 0.1) is 0 Å². The number of nitrogens with one attached hydrogen (secondary N) is 2. The van der Waals surface area contributed by atoms with Crippen molar-refractivity contribution in [3.05, 3.63) is 48.0 Å². The summed E-state index contributed by atoms with van der Waals surface area (Å²) < 4.78 is 27.0. The summed E-state index contributed by atoms with van der Waals surface area (Å²) in [6.45, 7) is 3.84. The van der Waals surface area contributed by atoms with Crippen LogP contribution in [0.5, 0.6) is 0 Å². The lowest BCUT2D eigenvalue weighted by atomic mass is 9.78. The van der Waals surface area contributed by atoms with Gasteiger partial charge in [0.25, 0.3) is 0 Å². The number of aromatic nitrogens is 4. The van der Waals surface area contributed by atoms with Gasteiger partial charge >= 0.3 is 0 Å². The first kappa shape index (κ1) is 22.3. The average molecular weight is 473 g/mol. The fourth-order valence-electron chi connectivity index (χ4n) is 3.48. The molecular weight excluding hydrogens is 448 g/mol. The molecule has 0 aromatic carbocycles. The van der Waals surface area contributed by atoms with Gasteiger partial charge in [0.1, 0.15) is 5.82 Å². The molecule has 1 fully saturated rings. The first-order chi connectivity index (χ1) is 15.4. The van der Waals surface area contributed by atoms with Crippen LogP contribution in [-0.4, -0.2) is 39.5 Å². The molecule has 0 aliphatic heterocycles. The van der Waals surface area contributed by atoms with Crippen molar-refractivity contribution in [1.82, 2.24) is 19.9 Å². The van der Waals surface area contributed by atoms with E-state index in [1.165, 1.54) is 11.3 Å². The van der Waals surface area contributed by atoms with Crippen LogP contribution in [0.15, 0.2) is 42.3 Å². The zero-order valence-corrected chi connectivity index (χ0v) is 19.4. The van der Waals surface area contributed by atoms with E-state index in [4.69, 9.17) is 0 Å². The second-order valence-corrected chi connectivity index (χ2v) is 10.5. The van der Waals surface area contributed by atoms with Gasteiger partial charge in [0, 0.05) is 29.5 Å². The lowest BCUT2D eigenvalue weighted by molar-refractivity contribution is -0.122. The lowest BCUT2D eigenvalue weighted by Gasteiger charge is -2.28. The van der Waals surface area contributed by atoms with E-state index in [1.807, 2.05) is 19.9 Å². The number of anilines is 2. The Labute approximate surface area is 190 Å². The molecule has 0 unspecified atom stereocenters. The molecule has 32 heavy (non-hydrogen) atoms. The molecule has 3 aromatic heterocycles. The summed E-state index contributed by atoms with van der Waals surface area (Å²) in [6.07, 6.45) is 8.84. The van der Waals surface area contributed by atoms with Crippen LogP contribution in [0.1, 0.15) is 45.2 Å². The summed E-state index contributed by atoms with van der Waals surface area (Å²) in [7, 11) is -3.40. The third-order valence-corrected chi connectivity index (χ3v) is 8.41. The van der Waals surface area contributed by atoms with E-state index in [1.54, 1.807) is 36.2 Å². The van der Waals surface area contributed by atoms with E-state index in [2.05, 4.69) is 30.0 Å². The minimum absolute atomic E-state index is 0.232. The predicted octanol–water partition coefficient (Wildman–Crippen LogP) is 3.60. The zero-order valence-electron chi connectivity index (χ0n) is 17.8. The fraction of sp³-hybridized carbons (Fsp3) is 0.381. The van der Waals surface area contributed by atoms with Crippen molar-refractivity contribution in [3.8, 4) is 11.3 Å². The molecule has 0 bridgehead atoms. The molecule has 0 spiro atoms. The Morgan fingerprint density at radius 3 is 2.53 bits per heavy atom. The van der Waals surface area contributed by atoms with Crippen LogP contribution in [0.25, 0.3) is 11.3 Å². The Morgan fingerprint density at radius 1 is 1.16 bits per heavy atom. The Balaban J connectivity index is 1.52. The molecule has 0 radical (unpaired) electrons. The number of hydrogen-bond acceptors (Lipinski definition) is 8. The molecule has 168 valence electrons. The summed E-state index contributed by atoms with van der Waals surface area (Å²) in [4.78, 5) is 30.4. The zero-order chi connectivity index (χ0) is 22.8. The summed E-state index contributed by atoms with van der Waals surface area (Å²) in [5.41, 5.74) is 1.14. The maximum absolute atomic E-state index is 13.3. The maximum atomic E-state index is 13.3. The largest absolute Gasteiger partial charge is 0.310 e. The van der Waals surface area contributed by atoms with E-state index >= 15 is 0 Å². The number of carbonyl (C=O) groups is 1. The molecule has 3 heterocycles. The summed E-state index contributed by atoms with van der Waals surface area (Å²) in [6, 6.07) is 3.54. The summed E-state index contributed by atoms with van der Waals surface area (Å²) in [5, 5.41) is 4.59. The Hall–Kier alpha value is -2.92. The molecular formula is C21H24N6O3S2. The van der Waals surface area contributed by atoms with Crippen LogP contribution in [0.4, 0.5) is 10.9 Å². The standard InChI is InChI=1S/C21H24N6O3S2/c1-3-21(4-2,17-13-31-20(25-17)27-32(29,30)15-6-7-15)19(28)26-18-8-5-14(11-24-18)16-12-22-9-10-23-16/h5,8-13,15H,3-4,6-7H2,1-2H3,(H,25,27)(H,24,26,28). The maximum Gasteiger partial charge on any atom is 0.237 e. The fourth-order valence-corrected chi connectivity index (χ4v) is 5.88. The van der Waals surface area contributed by atoms with Crippen molar-refractivity contribution >= 4 is 38.2 Å². The molecule has 9 nitrogen and oxygen atoms in total. The van der Waals surface area contributed by atoms with Crippen LogP contribution in [-0.2, 0) is 20.2 Å². The Bertz CT molecular complexity index is 1190. The Morgan fingerprint density at radius 2 is 1.94 bits per heavy atom. The normalized spacial score (nSPS) is 14.2. The van der Waals surface area contributed by atoms with Crippen molar-refractivity contribution in [2.45, 2.75) is 50.2 Å². The van der Waals surface area contributed by atoms with Crippen LogP contribution in [0.2, 0.25) is 0 Å². The first-order valence-electron chi connectivity index (χ1n) is 10.4. The number of sulfonamides is 1. The third kappa shape index (κ3) is 4.49. The van der Waals surface area contributed by atoms with Crippen LogP contribution < -0.4 is 10.0 Å². The predicted molar refractivity (Wildman–Crippen MR) is 124 cm³/mol. The quantitative estimate of drug-likeness (QED) is 0.487. The van der Waals surface area contributed by atoms with Gasteiger partial charge in [0.05, 0.1) is 28.2 Å². The van der Waals surface area contributed by atoms with Crippen molar-refractivity contribution in [3.63, 3.8) is 0 Å². The topological polar surface area (TPSA) is 127 Å². The Kier molecular flexibility index (Phi) is 6.20. The van der Waals surface area contributed by atoms with E-state index in [0.29, 0.717) is 42.9 Å². The molecule has 1 saturated carbocycles. The molecule has 3 aromatic rings. The molecule has 1 aliphatic carbocycles. The summed E-state index contributed by atoms with van der Waals surface area (Å²) >= 11 is 1.19. The lowest BCUT2D eigenvalue weighted by Crippen LogP contribution is -2.40. The second-order valence-electron chi connectivity index (χ2n) is 7.65. The van der Waals surface area contributed by atoms with Gasteiger partial charge in [-0.05, 0) is 37.8 Å². The minimum Gasteiger partial charge on any atom is -0.310 e. The number of thiazole rings is 1. The number of amides is 1. The van der Waals surface area contributed by atoms with Gasteiger partial charge in [0.2, 0.25) is 15.9 Å². The number of nitrogens with zero attached hydrogens (tertiary/aromatic N) is 4. The number of rotatable bonds is 9. The molecule has 1 amide bonds. The highest BCUT2D eigenvalue weighted by Gasteiger charge is 2.40. The van der Waals surface area contributed by atoms with Gasteiger partial charge in [-0.25, -0.2) is 18.4 Å². The van der Waals surface area contributed by atoms with Gasteiger partial charge in [-0.2, -0.15) is 0 Å². The van der Waals surface area contributed by atoms with Gasteiger partial charge in [0.15, 0.2) is 5.13 Å². The van der Waals surface area contributed by atoms with Crippen LogP contribution >= 0.6 is 11.3 Å². The van der Waals surface area contributed by atoms with Crippen molar-refractivity contribution in [2.24, 2.45) is 0 Å². The smallest absolute Gasteiger partial charge is 0.237 e. The van der Waals surface area contributed by atoms with E-state index < -0.39 is 15.4 Å². The van der Waals surface area contributed by atoms with Crippen molar-refractivity contribution < 1.29 is 13.2 Å². The molecule has 0 atom stereocenters. The minimum atomic E-state index is -3.40. The molecule has 0 saturated heterocycles. The van der Waals surface area contributed by atoms with Gasteiger partial charge in [-0.3, -0.25) is 19.5 Å². The first-order valence-corrected chi connectivity index (χ1v) is 12.8. The highest BCUT2D eigenvalue weighted by molar-refractivity contribution is 7.93. The number of hydrogen-bond donors (Lipinski definition) is 2.